The van der Waals surface area contributed by atoms with E-state index >= 15 is 0 Å². The number of aliphatic carboxylic acids is 1. The van der Waals surface area contributed by atoms with Gasteiger partial charge in [0.2, 0.25) is 0 Å². The van der Waals surface area contributed by atoms with E-state index in [0.29, 0.717) is 31.6 Å². The lowest BCUT2D eigenvalue weighted by atomic mass is 9.80. The van der Waals surface area contributed by atoms with Crippen LogP contribution in [0.1, 0.15) is 18.4 Å². The van der Waals surface area contributed by atoms with E-state index < -0.39 is 17.2 Å². The van der Waals surface area contributed by atoms with Crippen molar-refractivity contribution in [1.29, 1.82) is 0 Å². The number of rotatable bonds is 5. The highest BCUT2D eigenvalue weighted by atomic mass is 35.5. The van der Waals surface area contributed by atoms with E-state index in [-0.39, 0.29) is 23.1 Å². The molecule has 1 heterocycles. The van der Waals surface area contributed by atoms with Crippen LogP contribution < -0.4 is 5.32 Å². The van der Waals surface area contributed by atoms with Crippen molar-refractivity contribution in [3.05, 3.63) is 33.6 Å². The van der Waals surface area contributed by atoms with Crippen LogP contribution in [0.25, 0.3) is 0 Å². The minimum absolute atomic E-state index is 0.146. The molecular weight excluding hydrogens is 320 g/mol. The van der Waals surface area contributed by atoms with Crippen molar-refractivity contribution in [2.75, 3.05) is 19.8 Å². The number of ether oxygens (including phenoxy) is 1. The molecule has 1 aromatic carbocycles. The highest BCUT2D eigenvalue weighted by Crippen LogP contribution is 2.31. The Labute approximate surface area is 132 Å². The van der Waals surface area contributed by atoms with E-state index in [9.17, 15) is 14.3 Å². The van der Waals surface area contributed by atoms with Crippen LogP contribution in [0.2, 0.25) is 10.0 Å². The Bertz CT molecular complexity index is 533. The van der Waals surface area contributed by atoms with E-state index in [4.69, 9.17) is 27.9 Å². The number of hydrogen-bond acceptors (Lipinski definition) is 3. The first-order valence-electron chi connectivity index (χ1n) is 6.60. The zero-order valence-electron chi connectivity index (χ0n) is 11.3. The molecule has 0 aliphatic carbocycles. The third-order valence-corrected chi connectivity index (χ3v) is 4.59. The van der Waals surface area contributed by atoms with Crippen LogP contribution in [0.5, 0.6) is 0 Å². The molecule has 0 aromatic heterocycles. The van der Waals surface area contributed by atoms with Gasteiger partial charge >= 0.3 is 5.97 Å². The molecule has 0 bridgehead atoms. The standard InChI is InChI=1S/C14H16Cl2FNO3/c15-11-6-10(17)5-9(12(11)16)7-18-8-14(13(19)20)1-3-21-4-2-14/h5-6,18H,1-4,7-8H2,(H,19,20). The molecule has 0 atom stereocenters. The van der Waals surface area contributed by atoms with Crippen LogP contribution in [-0.2, 0) is 16.1 Å². The third kappa shape index (κ3) is 3.86. The maximum absolute atomic E-state index is 13.3. The van der Waals surface area contributed by atoms with Crippen molar-refractivity contribution in [2.45, 2.75) is 19.4 Å². The van der Waals surface area contributed by atoms with Crippen molar-refractivity contribution in [3.63, 3.8) is 0 Å². The fourth-order valence-corrected chi connectivity index (χ4v) is 2.80. The van der Waals surface area contributed by atoms with Crippen LogP contribution in [0.4, 0.5) is 4.39 Å². The topological polar surface area (TPSA) is 58.6 Å². The number of carboxylic acids is 1. The second-order valence-corrected chi connectivity index (χ2v) is 5.95. The van der Waals surface area contributed by atoms with Gasteiger partial charge in [0.15, 0.2) is 0 Å². The zero-order valence-corrected chi connectivity index (χ0v) is 12.8. The number of carbonyl (C=O) groups is 1. The smallest absolute Gasteiger partial charge is 0.311 e. The largest absolute Gasteiger partial charge is 0.481 e. The summed E-state index contributed by atoms with van der Waals surface area (Å²) >= 11 is 11.8. The SMILES string of the molecule is O=C(O)C1(CNCc2cc(F)cc(Cl)c2Cl)CCOCC1. The van der Waals surface area contributed by atoms with Crippen molar-refractivity contribution >= 4 is 29.2 Å². The van der Waals surface area contributed by atoms with Crippen molar-refractivity contribution in [1.82, 2.24) is 5.32 Å². The van der Waals surface area contributed by atoms with E-state index in [2.05, 4.69) is 5.32 Å². The maximum Gasteiger partial charge on any atom is 0.311 e. The van der Waals surface area contributed by atoms with Gasteiger partial charge in [-0.15, -0.1) is 0 Å². The summed E-state index contributed by atoms with van der Waals surface area (Å²) in [6, 6.07) is 2.43. The van der Waals surface area contributed by atoms with Crippen LogP contribution in [0.15, 0.2) is 12.1 Å². The van der Waals surface area contributed by atoms with E-state index in [0.717, 1.165) is 6.07 Å². The summed E-state index contributed by atoms with van der Waals surface area (Å²) in [7, 11) is 0. The van der Waals surface area contributed by atoms with Gasteiger partial charge in [-0.05, 0) is 30.5 Å². The van der Waals surface area contributed by atoms with Gasteiger partial charge in [-0.25, -0.2) is 4.39 Å². The minimum atomic E-state index is -0.846. The van der Waals surface area contributed by atoms with Crippen LogP contribution in [0.3, 0.4) is 0 Å². The lowest BCUT2D eigenvalue weighted by Crippen LogP contribution is -2.44. The van der Waals surface area contributed by atoms with E-state index in [1.165, 1.54) is 6.07 Å². The molecular formula is C14H16Cl2FNO3. The quantitative estimate of drug-likeness (QED) is 0.812. The molecule has 1 fully saturated rings. The highest BCUT2D eigenvalue weighted by molar-refractivity contribution is 6.42. The van der Waals surface area contributed by atoms with Crippen molar-refractivity contribution < 1.29 is 19.0 Å². The second-order valence-electron chi connectivity index (χ2n) is 5.16. The molecule has 0 spiro atoms. The third-order valence-electron chi connectivity index (χ3n) is 3.75. The summed E-state index contributed by atoms with van der Waals surface area (Å²) < 4.78 is 18.5. The molecule has 0 saturated carbocycles. The first kappa shape index (κ1) is 16.5. The molecule has 4 nitrogen and oxygen atoms in total. The van der Waals surface area contributed by atoms with E-state index in [1.807, 2.05) is 0 Å². The molecule has 1 aromatic rings. The monoisotopic (exact) mass is 335 g/mol. The molecule has 1 aliphatic rings. The average Bonchev–Trinajstić information content (AvgIpc) is 2.45. The summed E-state index contributed by atoms with van der Waals surface area (Å²) in [5, 5.41) is 12.9. The Kier molecular flexibility index (Phi) is 5.43. The van der Waals surface area contributed by atoms with E-state index in [1.54, 1.807) is 0 Å². The van der Waals surface area contributed by atoms with Crippen LogP contribution >= 0.6 is 23.2 Å². The summed E-state index contributed by atoms with van der Waals surface area (Å²) in [6.07, 6.45) is 0.903. The molecule has 21 heavy (non-hydrogen) atoms. The molecule has 1 saturated heterocycles. The fourth-order valence-electron chi connectivity index (χ4n) is 2.40. The summed E-state index contributed by atoms with van der Waals surface area (Å²) in [6.45, 7) is 1.39. The Morgan fingerprint density at radius 2 is 2.05 bits per heavy atom. The molecule has 2 rings (SSSR count). The van der Waals surface area contributed by atoms with Crippen LogP contribution in [0, 0.1) is 11.2 Å². The molecule has 7 heteroatoms. The molecule has 0 unspecified atom stereocenters. The van der Waals surface area contributed by atoms with Gasteiger partial charge in [-0.3, -0.25) is 4.79 Å². The van der Waals surface area contributed by atoms with Crippen LogP contribution in [-0.4, -0.2) is 30.8 Å². The van der Waals surface area contributed by atoms with Gasteiger partial charge < -0.3 is 15.2 Å². The number of halogens is 3. The maximum atomic E-state index is 13.3. The lowest BCUT2D eigenvalue weighted by Gasteiger charge is -2.33. The Balaban J connectivity index is 2.01. The first-order chi connectivity index (χ1) is 9.94. The summed E-state index contributed by atoms with van der Waals surface area (Å²) in [5.41, 5.74) is -0.337. The Hall–Kier alpha value is -0.880. The van der Waals surface area contributed by atoms with Gasteiger partial charge in [0.05, 0.1) is 15.5 Å². The summed E-state index contributed by atoms with van der Waals surface area (Å²) in [5.74, 6) is -1.32. The number of benzene rings is 1. The Morgan fingerprint density at radius 1 is 1.38 bits per heavy atom. The molecule has 116 valence electrons. The van der Waals surface area contributed by atoms with Gasteiger partial charge in [0.1, 0.15) is 5.82 Å². The molecule has 2 N–H and O–H groups in total. The number of nitrogens with one attached hydrogen (secondary N) is 1. The minimum Gasteiger partial charge on any atom is -0.481 e. The van der Waals surface area contributed by atoms with Gasteiger partial charge in [0, 0.05) is 26.3 Å². The van der Waals surface area contributed by atoms with Gasteiger partial charge in [0.25, 0.3) is 0 Å². The van der Waals surface area contributed by atoms with Gasteiger partial charge in [-0.1, -0.05) is 23.2 Å². The Morgan fingerprint density at radius 3 is 2.67 bits per heavy atom. The predicted molar refractivity (Wildman–Crippen MR) is 78.2 cm³/mol. The molecule has 1 aliphatic heterocycles. The normalized spacial score (nSPS) is 17.7. The zero-order chi connectivity index (χ0) is 15.5. The molecule has 0 amide bonds. The predicted octanol–water partition coefficient (Wildman–Crippen LogP) is 3.10. The highest BCUT2D eigenvalue weighted by Gasteiger charge is 2.39. The second kappa shape index (κ2) is 6.92. The van der Waals surface area contributed by atoms with Gasteiger partial charge in [-0.2, -0.15) is 0 Å². The first-order valence-corrected chi connectivity index (χ1v) is 7.35. The molecule has 0 radical (unpaired) electrons. The average molecular weight is 336 g/mol. The number of hydrogen-bond donors (Lipinski definition) is 2. The fraction of sp³-hybridized carbons (Fsp3) is 0.500. The summed E-state index contributed by atoms with van der Waals surface area (Å²) in [4.78, 5) is 11.5. The van der Waals surface area contributed by atoms with Crippen molar-refractivity contribution in [3.8, 4) is 0 Å². The van der Waals surface area contributed by atoms with Crippen molar-refractivity contribution in [2.24, 2.45) is 5.41 Å². The lowest BCUT2D eigenvalue weighted by molar-refractivity contribution is -0.154. The number of carboxylic acid groups (broad SMARTS) is 1.